The van der Waals surface area contributed by atoms with Gasteiger partial charge in [0.05, 0.1) is 17.6 Å². The smallest absolute Gasteiger partial charge is 0.226 e. The quantitative estimate of drug-likeness (QED) is 0.190. The molecule has 0 saturated heterocycles. The molecule has 2 aliphatic carbocycles. The summed E-state index contributed by atoms with van der Waals surface area (Å²) in [6.45, 7) is 11.0. The van der Waals surface area contributed by atoms with Gasteiger partial charge in [0.15, 0.2) is 0 Å². The van der Waals surface area contributed by atoms with Gasteiger partial charge in [0.25, 0.3) is 0 Å². The van der Waals surface area contributed by atoms with Crippen LogP contribution in [0.4, 0.5) is 0 Å². The lowest BCUT2D eigenvalue weighted by Gasteiger charge is -2.25. The minimum absolute atomic E-state index is 0.0789. The first-order valence-corrected chi connectivity index (χ1v) is 16.4. The molecule has 3 atom stereocenters. The summed E-state index contributed by atoms with van der Waals surface area (Å²) in [5, 5.41) is 3.74. The molecule has 0 spiro atoms. The summed E-state index contributed by atoms with van der Waals surface area (Å²) in [5.41, 5.74) is 4.90. The molecule has 2 aromatic carbocycles. The van der Waals surface area contributed by atoms with E-state index in [1.807, 2.05) is 0 Å². The summed E-state index contributed by atoms with van der Waals surface area (Å²) in [5.74, 6) is 2.73. The Morgan fingerprint density at radius 2 is 1.90 bits per heavy atom. The van der Waals surface area contributed by atoms with Crippen molar-refractivity contribution in [2.75, 3.05) is 19.6 Å². The van der Waals surface area contributed by atoms with Crippen LogP contribution in [0.3, 0.4) is 0 Å². The minimum atomic E-state index is 0.0789. The van der Waals surface area contributed by atoms with Crippen LogP contribution in [-0.2, 0) is 17.9 Å². The number of aromatic nitrogens is 2. The third-order valence-electron chi connectivity index (χ3n) is 9.03. The summed E-state index contributed by atoms with van der Waals surface area (Å²) in [7, 11) is 0. The molecule has 1 N–H and O–H groups in total. The molecular weight excluding hydrogens is 516 g/mol. The van der Waals surface area contributed by atoms with Crippen LogP contribution in [0.25, 0.3) is 11.0 Å². The molecule has 1 heterocycles. The van der Waals surface area contributed by atoms with Gasteiger partial charge in [0.1, 0.15) is 5.82 Å². The zero-order chi connectivity index (χ0) is 29.3. The van der Waals surface area contributed by atoms with E-state index in [4.69, 9.17) is 4.98 Å². The molecule has 5 rings (SSSR count). The number of unbranched alkanes of at least 4 members (excludes halogenated alkanes) is 2. The molecule has 0 radical (unpaired) electrons. The predicted molar refractivity (Wildman–Crippen MR) is 174 cm³/mol. The Balaban J connectivity index is 1.37. The number of nitrogens with one attached hydrogen (secondary N) is 1. The van der Waals surface area contributed by atoms with E-state index in [2.05, 4.69) is 108 Å². The highest BCUT2D eigenvalue weighted by Crippen LogP contribution is 2.48. The molecule has 0 aliphatic heterocycles. The van der Waals surface area contributed by atoms with Gasteiger partial charge < -0.3 is 14.8 Å². The van der Waals surface area contributed by atoms with E-state index < -0.39 is 0 Å². The minimum Gasteiger partial charge on any atom is -0.335 e. The summed E-state index contributed by atoms with van der Waals surface area (Å²) in [6, 6.07) is 19.0. The molecule has 5 nitrogen and oxygen atoms in total. The van der Waals surface area contributed by atoms with Gasteiger partial charge in [0.2, 0.25) is 5.91 Å². The average molecular weight is 567 g/mol. The van der Waals surface area contributed by atoms with Gasteiger partial charge >= 0.3 is 0 Å². The largest absolute Gasteiger partial charge is 0.335 e. The normalized spacial score (nSPS) is 20.1. The molecule has 42 heavy (non-hydrogen) atoms. The van der Waals surface area contributed by atoms with Gasteiger partial charge in [-0.25, -0.2) is 4.98 Å². The fourth-order valence-electron chi connectivity index (χ4n) is 6.33. The maximum atomic E-state index is 14.0. The first kappa shape index (κ1) is 30.3. The fourth-order valence-corrected chi connectivity index (χ4v) is 6.33. The van der Waals surface area contributed by atoms with Gasteiger partial charge in [-0.05, 0) is 79.7 Å². The van der Waals surface area contributed by atoms with Crippen LogP contribution in [0.1, 0.15) is 83.0 Å². The highest BCUT2D eigenvalue weighted by atomic mass is 16.2. The van der Waals surface area contributed by atoms with E-state index in [1.165, 1.54) is 30.4 Å². The van der Waals surface area contributed by atoms with Crippen molar-refractivity contribution in [2.45, 2.75) is 84.7 Å². The first-order chi connectivity index (χ1) is 20.5. The Hall–Kier alpha value is -3.18. The molecule has 5 heteroatoms. The zero-order valence-electron chi connectivity index (χ0n) is 26.0. The number of amides is 1. The summed E-state index contributed by atoms with van der Waals surface area (Å²) < 4.78 is 2.39. The number of rotatable bonds is 15. The number of hydrogen-bond donors (Lipinski definition) is 1. The number of carbonyl (C=O) groups is 1. The van der Waals surface area contributed by atoms with Gasteiger partial charge in [-0.2, -0.15) is 0 Å². The highest BCUT2D eigenvalue weighted by Gasteiger charge is 2.45. The molecule has 224 valence electrons. The summed E-state index contributed by atoms with van der Waals surface area (Å²) >= 11 is 0. The molecule has 1 fully saturated rings. The first-order valence-electron chi connectivity index (χ1n) is 16.4. The standard InChI is InChI=1S/C37H50N4O/c1-4-5-14-22-38-25-30-17-10-7-11-18-31(30)26-41-35-20-13-12-19-34(35)39-36(41)27-40(23-21-28(2)3)37(42)33-24-32(33)29-15-8-6-9-16-29/h6-9,11-13,15-16,18-20,28,30,32-33,38H,4-5,10,14,17,21-27H2,1-3H3. The van der Waals surface area contributed by atoms with E-state index in [-0.39, 0.29) is 11.8 Å². The van der Waals surface area contributed by atoms with E-state index in [0.29, 0.717) is 24.3 Å². The van der Waals surface area contributed by atoms with Crippen molar-refractivity contribution in [3.05, 3.63) is 89.8 Å². The summed E-state index contributed by atoms with van der Waals surface area (Å²) in [4.78, 5) is 21.2. The predicted octanol–water partition coefficient (Wildman–Crippen LogP) is 7.89. The lowest BCUT2D eigenvalue weighted by molar-refractivity contribution is -0.133. The number of allylic oxidation sites excluding steroid dienone is 3. The Bertz CT molecular complexity index is 1350. The molecule has 1 saturated carbocycles. The van der Waals surface area contributed by atoms with Crippen molar-refractivity contribution < 1.29 is 4.79 Å². The number of para-hydroxylation sites is 2. The second kappa shape index (κ2) is 14.8. The van der Waals surface area contributed by atoms with Gasteiger partial charge in [-0.15, -0.1) is 0 Å². The molecule has 0 bridgehead atoms. The van der Waals surface area contributed by atoms with Crippen molar-refractivity contribution in [2.24, 2.45) is 17.8 Å². The molecule has 2 aliphatic rings. The molecule has 1 amide bonds. The maximum Gasteiger partial charge on any atom is 0.226 e. The summed E-state index contributed by atoms with van der Waals surface area (Å²) in [6.07, 6.45) is 14.9. The molecule has 3 unspecified atom stereocenters. The SMILES string of the molecule is CCCCCNCC1CCC=CC=C1Cn1c(CN(CCC(C)C)C(=O)C2CC2c2ccccc2)nc2ccccc21. The number of fused-ring (bicyclic) bond motifs is 1. The zero-order valence-corrected chi connectivity index (χ0v) is 26.0. The lowest BCUT2D eigenvalue weighted by Crippen LogP contribution is -2.35. The van der Waals surface area contributed by atoms with Crippen LogP contribution in [-0.4, -0.2) is 40.0 Å². The van der Waals surface area contributed by atoms with Crippen LogP contribution < -0.4 is 5.32 Å². The van der Waals surface area contributed by atoms with Crippen LogP contribution in [0.5, 0.6) is 0 Å². The molecule has 3 aromatic rings. The molecule has 1 aromatic heterocycles. The second-order valence-corrected chi connectivity index (χ2v) is 12.8. The third kappa shape index (κ3) is 7.80. The number of imidazole rings is 1. The van der Waals surface area contributed by atoms with E-state index in [9.17, 15) is 4.79 Å². The molecular formula is C37H50N4O. The Morgan fingerprint density at radius 3 is 2.71 bits per heavy atom. The maximum absolute atomic E-state index is 14.0. The number of carbonyl (C=O) groups excluding carboxylic acids is 1. The number of nitrogens with zero attached hydrogens (tertiary/aromatic N) is 3. The third-order valence-corrected chi connectivity index (χ3v) is 9.03. The van der Waals surface area contributed by atoms with Crippen molar-refractivity contribution in [3.8, 4) is 0 Å². The second-order valence-electron chi connectivity index (χ2n) is 12.8. The van der Waals surface area contributed by atoms with Crippen molar-refractivity contribution in [3.63, 3.8) is 0 Å². The Morgan fingerprint density at radius 1 is 1.10 bits per heavy atom. The van der Waals surface area contributed by atoms with Gasteiger partial charge in [-0.1, -0.05) is 94.3 Å². The van der Waals surface area contributed by atoms with Crippen LogP contribution in [0.2, 0.25) is 0 Å². The van der Waals surface area contributed by atoms with Crippen molar-refractivity contribution in [1.82, 2.24) is 19.8 Å². The van der Waals surface area contributed by atoms with E-state index >= 15 is 0 Å². The lowest BCUT2D eigenvalue weighted by atomic mass is 9.94. The number of hydrogen-bond acceptors (Lipinski definition) is 3. The van der Waals surface area contributed by atoms with E-state index in [1.54, 1.807) is 0 Å². The average Bonchev–Trinajstić information content (AvgIpc) is 3.77. The van der Waals surface area contributed by atoms with Gasteiger partial charge in [-0.3, -0.25) is 4.79 Å². The topological polar surface area (TPSA) is 50.2 Å². The van der Waals surface area contributed by atoms with Crippen LogP contribution in [0.15, 0.2) is 78.4 Å². The van der Waals surface area contributed by atoms with Crippen LogP contribution in [0, 0.1) is 17.8 Å². The fraction of sp³-hybridized carbons (Fsp3) is 0.514. The van der Waals surface area contributed by atoms with E-state index in [0.717, 1.165) is 68.7 Å². The monoisotopic (exact) mass is 566 g/mol. The number of benzene rings is 2. The van der Waals surface area contributed by atoms with Gasteiger partial charge in [0, 0.05) is 25.6 Å². The Labute approximate surface area is 253 Å². The van der Waals surface area contributed by atoms with Crippen molar-refractivity contribution >= 4 is 16.9 Å². The highest BCUT2D eigenvalue weighted by molar-refractivity contribution is 5.83. The Kier molecular flexibility index (Phi) is 10.7. The van der Waals surface area contributed by atoms with Crippen molar-refractivity contribution in [1.29, 1.82) is 0 Å². The van der Waals surface area contributed by atoms with Crippen LogP contribution >= 0.6 is 0 Å².